The molecule has 0 aliphatic heterocycles. The van der Waals surface area contributed by atoms with Crippen LogP contribution >= 0.6 is 22.9 Å². The molecule has 1 N–H and O–H groups in total. The highest BCUT2D eigenvalue weighted by atomic mass is 35.5. The fourth-order valence-corrected chi connectivity index (χ4v) is 3.70. The Kier molecular flexibility index (Phi) is 5.52. The first-order valence-electron chi connectivity index (χ1n) is 7.91. The Balaban J connectivity index is 1.75. The van der Waals surface area contributed by atoms with Crippen LogP contribution in [0.1, 0.15) is 20.8 Å². The van der Waals surface area contributed by atoms with E-state index in [1.165, 1.54) is 23.2 Å². The normalized spacial score (nSPS) is 10.7. The van der Waals surface area contributed by atoms with Crippen molar-refractivity contribution in [3.63, 3.8) is 0 Å². The molecule has 0 spiro atoms. The van der Waals surface area contributed by atoms with Crippen LogP contribution in [0.15, 0.2) is 24.3 Å². The number of rotatable bonds is 5. The number of ether oxygens (including phenoxy) is 1. The zero-order valence-electron chi connectivity index (χ0n) is 14.8. The lowest BCUT2D eigenvalue weighted by Gasteiger charge is -2.05. The van der Waals surface area contributed by atoms with E-state index in [-0.39, 0.29) is 12.5 Å². The number of nitrogens with one attached hydrogen (secondary N) is 1. The number of thiophene rings is 1. The van der Waals surface area contributed by atoms with E-state index in [0.717, 1.165) is 10.4 Å². The Bertz CT molecular complexity index is 1010. The summed E-state index contributed by atoms with van der Waals surface area (Å²) in [5, 5.41) is 15.6. The maximum absolute atomic E-state index is 12.4. The molecule has 10 heteroatoms. The van der Waals surface area contributed by atoms with Gasteiger partial charge in [0.2, 0.25) is 11.7 Å². The number of nitrogens with zero attached hydrogens (tertiary/aromatic N) is 4. The van der Waals surface area contributed by atoms with Gasteiger partial charge in [0.05, 0.1) is 17.7 Å². The summed E-state index contributed by atoms with van der Waals surface area (Å²) in [7, 11) is 1.30. The van der Waals surface area contributed by atoms with Crippen molar-refractivity contribution in [2.24, 2.45) is 0 Å². The number of halogens is 1. The molecule has 2 heterocycles. The zero-order chi connectivity index (χ0) is 19.6. The highest BCUT2D eigenvalue weighted by molar-refractivity contribution is 7.16. The van der Waals surface area contributed by atoms with Crippen molar-refractivity contribution < 1.29 is 14.3 Å². The Labute approximate surface area is 164 Å². The fraction of sp³-hybridized carbons (Fsp3) is 0.235. The number of benzene rings is 1. The summed E-state index contributed by atoms with van der Waals surface area (Å²) in [6.45, 7) is 3.52. The van der Waals surface area contributed by atoms with Crippen LogP contribution in [0.3, 0.4) is 0 Å². The summed E-state index contributed by atoms with van der Waals surface area (Å²) in [5.74, 6) is -0.553. The summed E-state index contributed by atoms with van der Waals surface area (Å²) < 4.78 is 4.80. The molecule has 0 atom stereocenters. The van der Waals surface area contributed by atoms with E-state index in [2.05, 4.69) is 20.7 Å². The smallest absolute Gasteiger partial charge is 0.341 e. The number of hydrogen-bond donors (Lipinski definition) is 1. The Hall–Kier alpha value is -2.78. The molecule has 0 radical (unpaired) electrons. The first kappa shape index (κ1) is 19.0. The van der Waals surface area contributed by atoms with Crippen molar-refractivity contribution >= 4 is 39.8 Å². The standard InChI is InChI=1S/C17H16ClN5O3S/c1-9-10(2)27-16(14(9)17(25)26-3)19-13(24)8-23-21-15(20-22-23)11-6-4-5-7-12(11)18/h4-7H,8H2,1-3H3,(H,19,24). The molecule has 0 fully saturated rings. The number of hydrogen-bond acceptors (Lipinski definition) is 7. The lowest BCUT2D eigenvalue weighted by Crippen LogP contribution is -2.21. The van der Waals surface area contributed by atoms with E-state index in [4.69, 9.17) is 16.3 Å². The van der Waals surface area contributed by atoms with E-state index < -0.39 is 5.97 Å². The minimum absolute atomic E-state index is 0.159. The van der Waals surface area contributed by atoms with Crippen molar-refractivity contribution in [3.05, 3.63) is 45.3 Å². The van der Waals surface area contributed by atoms with Crippen LogP contribution in [0.5, 0.6) is 0 Å². The predicted molar refractivity (Wildman–Crippen MR) is 102 cm³/mol. The van der Waals surface area contributed by atoms with E-state index in [1.807, 2.05) is 19.9 Å². The fourth-order valence-electron chi connectivity index (χ4n) is 2.42. The summed E-state index contributed by atoms with van der Waals surface area (Å²) in [6.07, 6.45) is 0. The van der Waals surface area contributed by atoms with Gasteiger partial charge in [-0.3, -0.25) is 4.79 Å². The van der Waals surface area contributed by atoms with Gasteiger partial charge >= 0.3 is 5.97 Å². The molecule has 140 valence electrons. The number of esters is 1. The highest BCUT2D eigenvalue weighted by Crippen LogP contribution is 2.33. The number of tetrazole rings is 1. The van der Waals surface area contributed by atoms with Gasteiger partial charge in [-0.05, 0) is 36.8 Å². The lowest BCUT2D eigenvalue weighted by atomic mass is 10.1. The average molecular weight is 406 g/mol. The van der Waals surface area contributed by atoms with Crippen LogP contribution < -0.4 is 5.32 Å². The Morgan fingerprint density at radius 3 is 2.74 bits per heavy atom. The molecule has 8 nitrogen and oxygen atoms in total. The van der Waals surface area contributed by atoms with E-state index in [0.29, 0.717) is 27.0 Å². The second-order valence-corrected chi connectivity index (χ2v) is 7.28. The average Bonchev–Trinajstić information content (AvgIpc) is 3.19. The molecule has 3 rings (SSSR count). The Morgan fingerprint density at radius 2 is 2.04 bits per heavy atom. The van der Waals surface area contributed by atoms with Gasteiger partial charge in [0, 0.05) is 10.4 Å². The third-order valence-corrected chi connectivity index (χ3v) is 5.33. The van der Waals surface area contributed by atoms with Crippen molar-refractivity contribution in [3.8, 4) is 11.4 Å². The second-order valence-electron chi connectivity index (χ2n) is 5.65. The molecule has 0 saturated heterocycles. The predicted octanol–water partition coefficient (Wildman–Crippen LogP) is 3.10. The summed E-state index contributed by atoms with van der Waals surface area (Å²) in [5.41, 5.74) is 1.77. The van der Waals surface area contributed by atoms with Gasteiger partial charge in [-0.2, -0.15) is 4.80 Å². The number of aryl methyl sites for hydroxylation is 1. The van der Waals surface area contributed by atoms with Gasteiger partial charge in [-0.25, -0.2) is 4.79 Å². The molecule has 3 aromatic rings. The number of anilines is 1. The summed E-state index contributed by atoms with van der Waals surface area (Å²) in [4.78, 5) is 26.4. The molecule has 2 aromatic heterocycles. The molecule has 1 amide bonds. The second kappa shape index (κ2) is 7.85. The van der Waals surface area contributed by atoms with Gasteiger partial charge in [0.1, 0.15) is 11.5 Å². The van der Waals surface area contributed by atoms with Gasteiger partial charge in [-0.1, -0.05) is 23.7 Å². The van der Waals surface area contributed by atoms with Crippen molar-refractivity contribution in [1.82, 2.24) is 20.2 Å². The summed E-state index contributed by atoms with van der Waals surface area (Å²) in [6, 6.07) is 7.10. The number of amides is 1. The molecule has 0 unspecified atom stereocenters. The number of carbonyl (C=O) groups is 2. The first-order valence-corrected chi connectivity index (χ1v) is 9.11. The number of carbonyl (C=O) groups excluding carboxylic acids is 2. The number of aromatic nitrogens is 4. The van der Waals surface area contributed by atoms with Crippen molar-refractivity contribution in [2.75, 3.05) is 12.4 Å². The molecule has 0 saturated carbocycles. The molecular formula is C17H16ClN5O3S. The van der Waals surface area contributed by atoms with E-state index in [1.54, 1.807) is 18.2 Å². The zero-order valence-corrected chi connectivity index (χ0v) is 16.4. The third-order valence-electron chi connectivity index (χ3n) is 3.88. The van der Waals surface area contributed by atoms with Gasteiger partial charge in [0.25, 0.3) is 0 Å². The maximum atomic E-state index is 12.4. The number of methoxy groups -OCH3 is 1. The monoisotopic (exact) mass is 405 g/mol. The largest absolute Gasteiger partial charge is 0.465 e. The van der Waals surface area contributed by atoms with Crippen LogP contribution in [0.2, 0.25) is 5.02 Å². The molecule has 0 aliphatic carbocycles. The molecule has 0 bridgehead atoms. The van der Waals surface area contributed by atoms with Crippen LogP contribution in [0.25, 0.3) is 11.4 Å². The van der Waals surface area contributed by atoms with Gasteiger partial charge < -0.3 is 10.1 Å². The summed E-state index contributed by atoms with van der Waals surface area (Å²) >= 11 is 7.43. The van der Waals surface area contributed by atoms with Gasteiger partial charge in [-0.15, -0.1) is 21.5 Å². The SMILES string of the molecule is COC(=O)c1c(NC(=O)Cn2nnc(-c3ccccc3Cl)n2)sc(C)c1C. The van der Waals surface area contributed by atoms with Crippen molar-refractivity contribution in [1.29, 1.82) is 0 Å². The quantitative estimate of drug-likeness (QED) is 0.655. The van der Waals surface area contributed by atoms with Crippen LogP contribution in [0, 0.1) is 13.8 Å². The maximum Gasteiger partial charge on any atom is 0.341 e. The minimum atomic E-state index is -0.493. The molecule has 27 heavy (non-hydrogen) atoms. The van der Waals surface area contributed by atoms with Crippen LogP contribution in [-0.2, 0) is 16.1 Å². The minimum Gasteiger partial charge on any atom is -0.465 e. The van der Waals surface area contributed by atoms with Crippen molar-refractivity contribution in [2.45, 2.75) is 20.4 Å². The third kappa shape index (κ3) is 3.99. The van der Waals surface area contributed by atoms with Crippen LogP contribution in [0.4, 0.5) is 5.00 Å². The first-order chi connectivity index (χ1) is 12.9. The van der Waals surface area contributed by atoms with Gasteiger partial charge in [0.15, 0.2) is 0 Å². The Morgan fingerprint density at radius 1 is 1.30 bits per heavy atom. The van der Waals surface area contributed by atoms with E-state index in [9.17, 15) is 9.59 Å². The van der Waals surface area contributed by atoms with Crippen LogP contribution in [-0.4, -0.2) is 39.2 Å². The highest BCUT2D eigenvalue weighted by Gasteiger charge is 2.22. The topological polar surface area (TPSA) is 99.0 Å². The molecular weight excluding hydrogens is 390 g/mol. The lowest BCUT2D eigenvalue weighted by molar-refractivity contribution is -0.117. The molecule has 0 aliphatic rings. The molecule has 1 aromatic carbocycles. The van der Waals surface area contributed by atoms with E-state index >= 15 is 0 Å².